The molecule has 1 atom stereocenters. The number of nitrogen functional groups attached to an aromatic ring is 1. The van der Waals surface area contributed by atoms with Gasteiger partial charge in [0, 0.05) is 5.69 Å². The molecule has 0 aromatic heterocycles. The predicted octanol–water partition coefficient (Wildman–Crippen LogP) is 3.42. The maximum absolute atomic E-state index is 12.3. The average Bonchev–Trinajstić information content (AvgIpc) is 2.47. The minimum atomic E-state index is -0.298. The van der Waals surface area contributed by atoms with Gasteiger partial charge in [-0.15, -0.1) is 0 Å². The summed E-state index contributed by atoms with van der Waals surface area (Å²) in [6.07, 6.45) is 0. The van der Waals surface area contributed by atoms with Gasteiger partial charge in [0.25, 0.3) is 5.91 Å². The van der Waals surface area contributed by atoms with Gasteiger partial charge >= 0.3 is 0 Å². The average molecular weight is 305 g/mol. The molecule has 2 rings (SSSR count). The van der Waals surface area contributed by atoms with Gasteiger partial charge < -0.3 is 15.8 Å². The molecule has 5 heteroatoms. The minimum absolute atomic E-state index is 0.191. The van der Waals surface area contributed by atoms with Gasteiger partial charge in [-0.05, 0) is 36.8 Å². The zero-order valence-electron chi connectivity index (χ0n) is 11.9. The number of amides is 1. The Labute approximate surface area is 128 Å². The van der Waals surface area contributed by atoms with Crippen LogP contribution in [0.4, 0.5) is 5.69 Å². The van der Waals surface area contributed by atoms with E-state index in [-0.39, 0.29) is 11.9 Å². The van der Waals surface area contributed by atoms with Crippen LogP contribution in [-0.4, -0.2) is 13.0 Å². The second-order valence-corrected chi connectivity index (χ2v) is 5.08. The smallest absolute Gasteiger partial charge is 0.255 e. The molecule has 0 fully saturated rings. The molecule has 0 saturated carbocycles. The van der Waals surface area contributed by atoms with Gasteiger partial charge in [-0.1, -0.05) is 29.8 Å². The third kappa shape index (κ3) is 3.47. The van der Waals surface area contributed by atoms with E-state index in [1.165, 1.54) is 0 Å². The minimum Gasteiger partial charge on any atom is -0.497 e. The number of carbonyl (C=O) groups excluding carboxylic acids is 1. The molecule has 2 aromatic carbocycles. The molecule has 0 radical (unpaired) electrons. The van der Waals surface area contributed by atoms with E-state index < -0.39 is 0 Å². The fourth-order valence-electron chi connectivity index (χ4n) is 2.04. The van der Waals surface area contributed by atoms with Crippen molar-refractivity contribution in [1.29, 1.82) is 0 Å². The molecule has 0 spiro atoms. The molecule has 0 saturated heterocycles. The molecule has 0 aliphatic heterocycles. The van der Waals surface area contributed by atoms with Gasteiger partial charge in [0.15, 0.2) is 0 Å². The van der Waals surface area contributed by atoms with Gasteiger partial charge in [-0.2, -0.15) is 0 Å². The van der Waals surface area contributed by atoms with Crippen molar-refractivity contribution < 1.29 is 9.53 Å². The topological polar surface area (TPSA) is 64.3 Å². The Balaban J connectivity index is 2.19. The molecule has 3 N–H and O–H groups in total. The zero-order chi connectivity index (χ0) is 15.4. The summed E-state index contributed by atoms with van der Waals surface area (Å²) in [6, 6.07) is 12.3. The van der Waals surface area contributed by atoms with Gasteiger partial charge in [0.1, 0.15) is 5.75 Å². The number of hydrogen-bond donors (Lipinski definition) is 2. The molecule has 4 nitrogen and oxygen atoms in total. The Morgan fingerprint density at radius 1 is 1.29 bits per heavy atom. The number of hydrogen-bond acceptors (Lipinski definition) is 3. The summed E-state index contributed by atoms with van der Waals surface area (Å²) in [5, 5.41) is 3.22. The van der Waals surface area contributed by atoms with Crippen molar-refractivity contribution in [3.8, 4) is 5.75 Å². The van der Waals surface area contributed by atoms with Crippen molar-refractivity contribution in [2.75, 3.05) is 12.8 Å². The Morgan fingerprint density at radius 3 is 2.67 bits per heavy atom. The second kappa shape index (κ2) is 6.50. The third-order valence-electron chi connectivity index (χ3n) is 3.21. The third-order valence-corrected chi connectivity index (χ3v) is 3.53. The van der Waals surface area contributed by atoms with E-state index in [2.05, 4.69) is 5.32 Å². The van der Waals surface area contributed by atoms with Gasteiger partial charge in [0.05, 0.1) is 23.7 Å². The first-order valence-electron chi connectivity index (χ1n) is 6.51. The molecular formula is C16H17ClN2O2. The lowest BCUT2D eigenvalue weighted by molar-refractivity contribution is 0.0941. The van der Waals surface area contributed by atoms with E-state index in [1.54, 1.807) is 25.3 Å². The fourth-order valence-corrected chi connectivity index (χ4v) is 2.31. The lowest BCUT2D eigenvalue weighted by Gasteiger charge is -2.16. The lowest BCUT2D eigenvalue weighted by Crippen LogP contribution is -2.27. The van der Waals surface area contributed by atoms with E-state index >= 15 is 0 Å². The molecular weight excluding hydrogens is 288 g/mol. The highest BCUT2D eigenvalue weighted by Crippen LogP contribution is 2.24. The van der Waals surface area contributed by atoms with Crippen molar-refractivity contribution in [2.24, 2.45) is 0 Å². The van der Waals surface area contributed by atoms with E-state index in [1.807, 2.05) is 31.2 Å². The molecule has 0 aliphatic rings. The van der Waals surface area contributed by atoms with Crippen LogP contribution in [0.25, 0.3) is 0 Å². The summed E-state index contributed by atoms with van der Waals surface area (Å²) in [7, 11) is 1.60. The van der Waals surface area contributed by atoms with E-state index in [4.69, 9.17) is 22.1 Å². The van der Waals surface area contributed by atoms with Crippen LogP contribution in [0.1, 0.15) is 28.9 Å². The summed E-state index contributed by atoms with van der Waals surface area (Å²) < 4.78 is 5.18. The van der Waals surface area contributed by atoms with Crippen molar-refractivity contribution >= 4 is 23.2 Å². The highest BCUT2D eigenvalue weighted by Gasteiger charge is 2.17. The van der Waals surface area contributed by atoms with Crippen LogP contribution in [0.15, 0.2) is 42.5 Å². The molecule has 0 bridgehead atoms. The zero-order valence-corrected chi connectivity index (χ0v) is 12.6. The number of carbonyl (C=O) groups is 1. The lowest BCUT2D eigenvalue weighted by atomic mass is 10.1. The number of methoxy groups -OCH3 is 1. The number of benzene rings is 2. The number of nitrogens with one attached hydrogen (secondary N) is 1. The van der Waals surface area contributed by atoms with Crippen LogP contribution < -0.4 is 15.8 Å². The number of anilines is 1. The molecule has 1 amide bonds. The van der Waals surface area contributed by atoms with Gasteiger partial charge in [0.2, 0.25) is 0 Å². The first-order valence-corrected chi connectivity index (χ1v) is 6.89. The van der Waals surface area contributed by atoms with Crippen molar-refractivity contribution in [3.63, 3.8) is 0 Å². The Kier molecular flexibility index (Phi) is 4.70. The SMILES string of the molecule is COc1cccc(C(C)NC(=O)c2c(N)cccc2Cl)c1. The van der Waals surface area contributed by atoms with Gasteiger partial charge in [-0.25, -0.2) is 0 Å². The number of nitrogens with two attached hydrogens (primary N) is 1. The largest absolute Gasteiger partial charge is 0.497 e. The molecule has 21 heavy (non-hydrogen) atoms. The Morgan fingerprint density at radius 2 is 2.00 bits per heavy atom. The molecule has 1 unspecified atom stereocenters. The van der Waals surface area contributed by atoms with Crippen molar-refractivity contribution in [3.05, 3.63) is 58.6 Å². The summed E-state index contributed by atoms with van der Waals surface area (Å²) in [4.78, 5) is 12.3. The normalized spacial score (nSPS) is 11.8. The quantitative estimate of drug-likeness (QED) is 0.851. The van der Waals surface area contributed by atoms with Crippen LogP contribution >= 0.6 is 11.6 Å². The Hall–Kier alpha value is -2.20. The highest BCUT2D eigenvalue weighted by molar-refractivity contribution is 6.34. The highest BCUT2D eigenvalue weighted by atomic mass is 35.5. The van der Waals surface area contributed by atoms with Crippen LogP contribution in [0.5, 0.6) is 5.75 Å². The summed E-state index contributed by atoms with van der Waals surface area (Å²) in [6.45, 7) is 1.89. The van der Waals surface area contributed by atoms with E-state index in [9.17, 15) is 4.79 Å². The van der Waals surface area contributed by atoms with Crippen LogP contribution in [0.3, 0.4) is 0 Å². The second-order valence-electron chi connectivity index (χ2n) is 4.68. The van der Waals surface area contributed by atoms with Crippen LogP contribution in [0.2, 0.25) is 5.02 Å². The molecule has 0 aliphatic carbocycles. The fraction of sp³-hybridized carbons (Fsp3) is 0.188. The standard InChI is InChI=1S/C16H17ClN2O2/c1-10(11-5-3-6-12(9-11)21-2)19-16(20)15-13(17)7-4-8-14(15)18/h3-10H,18H2,1-2H3,(H,19,20). The van der Waals surface area contributed by atoms with E-state index in [0.29, 0.717) is 16.3 Å². The Bertz CT molecular complexity index is 638. The van der Waals surface area contributed by atoms with Crippen LogP contribution in [0, 0.1) is 0 Å². The summed E-state index contributed by atoms with van der Waals surface area (Å²) in [5.41, 5.74) is 7.41. The maximum Gasteiger partial charge on any atom is 0.255 e. The molecule has 2 aromatic rings. The molecule has 110 valence electrons. The number of ether oxygens (including phenoxy) is 1. The van der Waals surface area contributed by atoms with E-state index in [0.717, 1.165) is 11.3 Å². The number of rotatable bonds is 4. The summed E-state index contributed by atoms with van der Waals surface area (Å²) >= 11 is 6.04. The predicted molar refractivity (Wildman–Crippen MR) is 84.7 cm³/mol. The first-order chi connectivity index (χ1) is 10.0. The van der Waals surface area contributed by atoms with Crippen molar-refractivity contribution in [2.45, 2.75) is 13.0 Å². The molecule has 0 heterocycles. The van der Waals surface area contributed by atoms with Crippen molar-refractivity contribution in [1.82, 2.24) is 5.32 Å². The summed E-state index contributed by atoms with van der Waals surface area (Å²) in [5.74, 6) is 0.444. The monoisotopic (exact) mass is 304 g/mol. The first kappa shape index (κ1) is 15.2. The van der Waals surface area contributed by atoms with Gasteiger partial charge in [-0.3, -0.25) is 4.79 Å². The van der Waals surface area contributed by atoms with Crippen LogP contribution in [-0.2, 0) is 0 Å². The number of halogens is 1. The maximum atomic E-state index is 12.3.